The molecule has 1 saturated carbocycles. The maximum absolute atomic E-state index is 14.3. The number of fused-ring (bicyclic) bond motifs is 2. The van der Waals surface area contributed by atoms with Crippen molar-refractivity contribution in [2.75, 3.05) is 40.1 Å². The summed E-state index contributed by atoms with van der Waals surface area (Å²) in [7, 11) is 1.50. The van der Waals surface area contributed by atoms with Crippen LogP contribution in [0.1, 0.15) is 92.1 Å². The number of nitro groups is 1. The molecule has 2 N–H and O–H groups in total. The molecule has 3 aromatic rings. The lowest BCUT2D eigenvalue weighted by Crippen LogP contribution is -2.70. The third-order valence-electron chi connectivity index (χ3n) is 12.4. The minimum Gasteiger partial charge on any atom is -0.496 e. The highest BCUT2D eigenvalue weighted by Crippen LogP contribution is 2.62. The van der Waals surface area contributed by atoms with Crippen LogP contribution in [0.2, 0.25) is 0 Å². The molecule has 2 aliphatic carbocycles. The fraction of sp³-hybridized carbons (Fsp3) is 0.460. The van der Waals surface area contributed by atoms with E-state index in [-0.39, 0.29) is 62.9 Å². The lowest BCUT2D eigenvalue weighted by atomic mass is 9.55. The van der Waals surface area contributed by atoms with Crippen molar-refractivity contribution in [3.05, 3.63) is 124 Å². The van der Waals surface area contributed by atoms with Crippen molar-refractivity contribution in [1.29, 1.82) is 0 Å². The number of carbonyl (C=O) groups is 2. The van der Waals surface area contributed by atoms with Gasteiger partial charge < -0.3 is 38.7 Å². The molecule has 0 saturated heterocycles. The van der Waals surface area contributed by atoms with Crippen LogP contribution in [-0.4, -0.2) is 90.0 Å². The minimum atomic E-state index is -1.50. The number of nitrogens with zero attached hydrogens (tertiary/aromatic N) is 3. The largest absolute Gasteiger partial charge is 0.496 e. The van der Waals surface area contributed by atoms with Gasteiger partial charge in [-0.3, -0.25) is 19.8 Å². The number of amides is 1. The van der Waals surface area contributed by atoms with E-state index in [0.29, 0.717) is 78.4 Å². The highest BCUT2D eigenvalue weighted by Gasteiger charge is 2.65. The molecule has 1 amide bonds. The number of aldehydes is 1. The van der Waals surface area contributed by atoms with Crippen LogP contribution >= 0.6 is 0 Å². The molecule has 65 heavy (non-hydrogen) atoms. The quantitative estimate of drug-likeness (QED) is 0.0270. The molecular formula is C50H61N3O12. The van der Waals surface area contributed by atoms with Crippen LogP contribution in [0, 0.1) is 27.9 Å². The number of ether oxygens (including phenoxy) is 5. The van der Waals surface area contributed by atoms with E-state index in [1.54, 1.807) is 53.5 Å². The maximum Gasteiger partial charge on any atom is 0.410 e. The summed E-state index contributed by atoms with van der Waals surface area (Å²) >= 11 is 0. The van der Waals surface area contributed by atoms with Crippen LogP contribution in [0.4, 0.5) is 10.5 Å². The molecule has 3 aromatic carbocycles. The summed E-state index contributed by atoms with van der Waals surface area (Å²) < 4.78 is 32.0. The smallest absolute Gasteiger partial charge is 0.410 e. The van der Waals surface area contributed by atoms with Gasteiger partial charge in [-0.1, -0.05) is 43.1 Å². The number of oxime groups is 1. The molecule has 1 fully saturated rings. The van der Waals surface area contributed by atoms with E-state index in [9.17, 15) is 29.9 Å². The van der Waals surface area contributed by atoms with Crippen LogP contribution in [-0.2, 0) is 20.9 Å². The lowest BCUT2D eigenvalue weighted by Gasteiger charge is -2.59. The Morgan fingerprint density at radius 2 is 1.75 bits per heavy atom. The zero-order chi connectivity index (χ0) is 46.3. The average Bonchev–Trinajstić information content (AvgIpc) is 3.31. The summed E-state index contributed by atoms with van der Waals surface area (Å²) in [6, 6.07) is 15.9. The van der Waals surface area contributed by atoms with E-state index in [1.807, 2.05) is 19.1 Å². The number of aliphatic hydroxyl groups excluding tert-OH is 2. The second-order valence-corrected chi connectivity index (χ2v) is 16.5. The number of non-ortho nitro benzene ring substituents is 1. The second-order valence-electron chi connectivity index (χ2n) is 16.5. The van der Waals surface area contributed by atoms with E-state index >= 15 is 0 Å². The predicted octanol–water partition coefficient (Wildman–Crippen LogP) is 9.47. The summed E-state index contributed by atoms with van der Waals surface area (Å²) in [4.78, 5) is 45.0. The molecule has 0 bridgehead atoms. The number of hydrogen-bond donors (Lipinski definition) is 2. The molecule has 3 aliphatic rings. The Balaban J connectivity index is 1.56. The standard InChI is InChI=1S/C50H61N3O12/c1-5-8-27-61-49(57)52(23-6-2)46-31-43(51-63-33-34-15-17-37(18-16-34)53(58)59)41-29-35(13-9-11-24-54)40(14-10-12-25-55)47-42-30-39(64-38-19-21-44(60-4)36(28-38)32-56)20-22-45(42)65-50(46,48(41)47)62-26-7-3/h5,7,15-22,28-30,32,35,40,46-48,54-55H,1,3,6,8-14,23-27,31,33H2,2,4H3. The van der Waals surface area contributed by atoms with Gasteiger partial charge in [-0.25, -0.2) is 4.79 Å². The van der Waals surface area contributed by atoms with Crippen molar-refractivity contribution in [3.63, 3.8) is 0 Å². The predicted molar refractivity (Wildman–Crippen MR) is 244 cm³/mol. The Morgan fingerprint density at radius 1 is 1.02 bits per heavy atom. The van der Waals surface area contributed by atoms with Gasteiger partial charge in [0.2, 0.25) is 5.79 Å². The molecule has 6 rings (SSSR count). The number of hydrogen-bond acceptors (Lipinski definition) is 13. The molecule has 348 valence electrons. The number of aliphatic hydroxyl groups is 2. The van der Waals surface area contributed by atoms with Crippen molar-refractivity contribution in [2.24, 2.45) is 22.9 Å². The molecular weight excluding hydrogens is 835 g/mol. The summed E-state index contributed by atoms with van der Waals surface area (Å²) in [5.74, 6) is -0.563. The molecule has 15 heteroatoms. The van der Waals surface area contributed by atoms with Gasteiger partial charge in [0.05, 0.1) is 42.4 Å². The fourth-order valence-corrected chi connectivity index (χ4v) is 9.54. The van der Waals surface area contributed by atoms with Crippen LogP contribution in [0.15, 0.2) is 103 Å². The van der Waals surface area contributed by atoms with E-state index in [1.165, 1.54) is 19.2 Å². The Hall–Kier alpha value is -6.03. The summed E-state index contributed by atoms with van der Waals surface area (Å²) in [5, 5.41) is 36.1. The van der Waals surface area contributed by atoms with Crippen molar-refractivity contribution in [3.8, 4) is 23.0 Å². The average molecular weight is 896 g/mol. The number of carbonyl (C=O) groups excluding carboxylic acids is 2. The zero-order valence-electron chi connectivity index (χ0n) is 37.3. The van der Waals surface area contributed by atoms with Crippen molar-refractivity contribution in [1.82, 2.24) is 4.90 Å². The number of benzene rings is 3. The molecule has 0 spiro atoms. The topological polar surface area (TPSA) is 189 Å². The van der Waals surface area contributed by atoms with Gasteiger partial charge in [-0.15, -0.1) is 13.2 Å². The third kappa shape index (κ3) is 11.1. The van der Waals surface area contributed by atoms with E-state index in [4.69, 9.17) is 33.7 Å². The Bertz CT molecular complexity index is 2190. The maximum atomic E-state index is 14.3. The van der Waals surface area contributed by atoms with Crippen LogP contribution < -0.4 is 14.2 Å². The summed E-state index contributed by atoms with van der Waals surface area (Å²) in [6.07, 6.45) is 11.2. The number of allylic oxidation sites excluding steroid dienone is 1. The first kappa shape index (κ1) is 48.4. The second kappa shape index (κ2) is 23.2. The Morgan fingerprint density at radius 3 is 2.43 bits per heavy atom. The van der Waals surface area contributed by atoms with Gasteiger partial charge in [-0.2, -0.15) is 0 Å². The summed E-state index contributed by atoms with van der Waals surface area (Å²) in [5.41, 5.74) is 3.25. The normalized spacial score (nSPS) is 22.3. The highest BCUT2D eigenvalue weighted by atomic mass is 16.7. The third-order valence-corrected chi connectivity index (χ3v) is 12.4. The molecule has 0 aromatic heterocycles. The van der Waals surface area contributed by atoms with E-state index in [2.05, 4.69) is 19.2 Å². The van der Waals surface area contributed by atoms with Gasteiger partial charge in [0.15, 0.2) is 6.29 Å². The summed E-state index contributed by atoms with van der Waals surface area (Å²) in [6.45, 7) is 10.4. The first-order chi connectivity index (χ1) is 31.7. The van der Waals surface area contributed by atoms with Crippen LogP contribution in [0.25, 0.3) is 0 Å². The highest BCUT2D eigenvalue weighted by molar-refractivity contribution is 6.03. The monoisotopic (exact) mass is 895 g/mol. The molecule has 0 radical (unpaired) electrons. The van der Waals surface area contributed by atoms with E-state index in [0.717, 1.165) is 36.8 Å². The first-order valence-corrected chi connectivity index (χ1v) is 22.5. The molecule has 1 aliphatic heterocycles. The van der Waals surface area contributed by atoms with E-state index < -0.39 is 28.8 Å². The number of rotatable bonds is 25. The fourth-order valence-electron chi connectivity index (χ4n) is 9.54. The van der Waals surface area contributed by atoms with Gasteiger partial charge >= 0.3 is 6.09 Å². The van der Waals surface area contributed by atoms with Gasteiger partial charge in [0, 0.05) is 49.8 Å². The number of unbranched alkanes of at least 4 members (excludes halogenated alkanes) is 2. The Kier molecular flexibility index (Phi) is 17.3. The van der Waals surface area contributed by atoms with Crippen molar-refractivity contribution >= 4 is 23.8 Å². The zero-order valence-corrected chi connectivity index (χ0v) is 37.3. The van der Waals surface area contributed by atoms with Crippen LogP contribution in [0.5, 0.6) is 23.0 Å². The van der Waals surface area contributed by atoms with Gasteiger partial charge in [0.25, 0.3) is 5.69 Å². The van der Waals surface area contributed by atoms with Crippen molar-refractivity contribution < 1.29 is 53.2 Å². The lowest BCUT2D eigenvalue weighted by molar-refractivity contribution is -0.384. The van der Waals surface area contributed by atoms with Crippen LogP contribution in [0.3, 0.4) is 0 Å². The molecule has 6 unspecified atom stereocenters. The first-order valence-electron chi connectivity index (χ1n) is 22.5. The molecule has 1 heterocycles. The van der Waals surface area contributed by atoms with Gasteiger partial charge in [-0.05, 0) is 110 Å². The number of nitro benzene ring substituents is 1. The van der Waals surface area contributed by atoms with Gasteiger partial charge in [0.1, 0.15) is 35.6 Å². The Labute approximate surface area is 380 Å². The SMILES string of the molecule is C=CCCOC(=O)N(CCC)C1CC(=NOCc2ccc([N+](=O)[O-])cc2)C2=CC(CCCCO)C(CCCCO)C3c4cc(Oc5ccc(OC)c(C=O)c5)ccc4OC1(OCC=C)C23. The minimum absolute atomic E-state index is 0.0205. The number of methoxy groups -OCH3 is 1. The molecule has 15 nitrogen and oxygen atoms in total. The van der Waals surface area contributed by atoms with Crippen molar-refractivity contribution in [2.45, 2.75) is 89.1 Å². The molecule has 6 atom stereocenters.